The molecule has 6 heteroatoms. The van der Waals surface area contributed by atoms with Gasteiger partial charge >= 0.3 is 5.97 Å². The fraction of sp³-hybridized carbons (Fsp3) is 0.231. The zero-order valence-corrected chi connectivity index (χ0v) is 10.8. The van der Waals surface area contributed by atoms with Gasteiger partial charge < -0.3 is 19.1 Å². The molecule has 6 nitrogen and oxygen atoms in total. The number of nitrogens with zero attached hydrogens (tertiary/aromatic N) is 1. The topological polar surface area (TPSA) is 81.8 Å². The Hall–Kier alpha value is -2.50. The van der Waals surface area contributed by atoms with Gasteiger partial charge in [0.15, 0.2) is 23.0 Å². The largest absolute Gasteiger partial charge is 0.493 e. The second-order valence-electron chi connectivity index (χ2n) is 3.88. The van der Waals surface area contributed by atoms with Crippen LogP contribution in [-0.4, -0.2) is 30.5 Å². The molecule has 0 atom stereocenters. The first-order valence-corrected chi connectivity index (χ1v) is 5.50. The van der Waals surface area contributed by atoms with Crippen molar-refractivity contribution in [2.45, 2.75) is 6.92 Å². The third-order valence-corrected chi connectivity index (χ3v) is 2.71. The number of hydrogen-bond donors (Lipinski definition) is 1. The molecule has 0 bridgehead atoms. The van der Waals surface area contributed by atoms with Gasteiger partial charge in [-0.3, -0.25) is 0 Å². The number of carboxylic acids is 1. The number of ether oxygens (including phenoxy) is 2. The predicted molar refractivity (Wildman–Crippen MR) is 66.7 cm³/mol. The molecule has 0 aliphatic rings. The number of aromatic carboxylic acids is 1. The molecule has 0 aliphatic heterocycles. The molecule has 0 saturated heterocycles. The van der Waals surface area contributed by atoms with Gasteiger partial charge in [0.05, 0.1) is 19.8 Å². The summed E-state index contributed by atoms with van der Waals surface area (Å²) < 4.78 is 15.6. The second kappa shape index (κ2) is 5.01. The Morgan fingerprint density at radius 3 is 2.47 bits per heavy atom. The molecule has 0 unspecified atom stereocenters. The molecule has 0 aliphatic carbocycles. The van der Waals surface area contributed by atoms with Crippen molar-refractivity contribution in [3.63, 3.8) is 0 Å². The van der Waals surface area contributed by atoms with Crippen molar-refractivity contribution in [2.75, 3.05) is 14.2 Å². The van der Waals surface area contributed by atoms with Crippen LogP contribution in [0, 0.1) is 6.92 Å². The average molecular weight is 263 g/mol. The summed E-state index contributed by atoms with van der Waals surface area (Å²) in [5.74, 6) is 0.226. The van der Waals surface area contributed by atoms with Gasteiger partial charge in [0.2, 0.25) is 0 Å². The van der Waals surface area contributed by atoms with Crippen LogP contribution < -0.4 is 9.47 Å². The number of hydrogen-bond acceptors (Lipinski definition) is 5. The maximum Gasteiger partial charge on any atom is 0.358 e. The molecule has 0 fully saturated rings. The number of benzene rings is 1. The first-order chi connectivity index (χ1) is 9.08. The van der Waals surface area contributed by atoms with Crippen molar-refractivity contribution in [3.8, 4) is 22.8 Å². The first kappa shape index (κ1) is 12.9. The van der Waals surface area contributed by atoms with Crippen molar-refractivity contribution >= 4 is 5.97 Å². The van der Waals surface area contributed by atoms with E-state index >= 15 is 0 Å². The van der Waals surface area contributed by atoms with Crippen LogP contribution in [0.3, 0.4) is 0 Å². The summed E-state index contributed by atoms with van der Waals surface area (Å²) in [4.78, 5) is 10.8. The highest BCUT2D eigenvalue weighted by atomic mass is 16.5. The van der Waals surface area contributed by atoms with E-state index < -0.39 is 5.97 Å². The molecule has 2 rings (SSSR count). The number of carbonyl (C=O) groups is 1. The summed E-state index contributed by atoms with van der Waals surface area (Å²) in [6, 6.07) is 4.94. The summed E-state index contributed by atoms with van der Waals surface area (Å²) in [6.07, 6.45) is 0. The van der Waals surface area contributed by atoms with Crippen LogP contribution >= 0.6 is 0 Å². The maximum atomic E-state index is 10.8. The van der Waals surface area contributed by atoms with Gasteiger partial charge in [-0.15, -0.1) is 0 Å². The smallest absolute Gasteiger partial charge is 0.358 e. The molecule has 1 aromatic carbocycles. The predicted octanol–water partition coefficient (Wildman–Crippen LogP) is 2.37. The van der Waals surface area contributed by atoms with E-state index in [0.717, 1.165) is 5.56 Å². The molecule has 19 heavy (non-hydrogen) atoms. The highest BCUT2D eigenvalue weighted by Crippen LogP contribution is 2.40. The zero-order valence-electron chi connectivity index (χ0n) is 10.8. The van der Waals surface area contributed by atoms with Gasteiger partial charge in [-0.2, -0.15) is 0 Å². The van der Waals surface area contributed by atoms with E-state index in [4.69, 9.17) is 19.1 Å². The molecule has 0 radical (unpaired) electrons. The number of methoxy groups -OCH3 is 2. The lowest BCUT2D eigenvalue weighted by molar-refractivity contribution is 0.0686. The van der Waals surface area contributed by atoms with Gasteiger partial charge in [-0.1, -0.05) is 11.2 Å². The molecular weight excluding hydrogens is 250 g/mol. The molecule has 100 valence electrons. The van der Waals surface area contributed by atoms with Crippen LogP contribution in [0.1, 0.15) is 16.1 Å². The van der Waals surface area contributed by atoms with Gasteiger partial charge in [0.25, 0.3) is 0 Å². The highest BCUT2D eigenvalue weighted by Gasteiger charge is 2.19. The van der Waals surface area contributed by atoms with Crippen LogP contribution in [0.2, 0.25) is 0 Å². The lowest BCUT2D eigenvalue weighted by Gasteiger charge is -2.13. The van der Waals surface area contributed by atoms with Crippen molar-refractivity contribution < 1.29 is 23.9 Å². The van der Waals surface area contributed by atoms with Crippen molar-refractivity contribution in [2.24, 2.45) is 0 Å². The molecular formula is C13H13NO5. The lowest BCUT2D eigenvalue weighted by Crippen LogP contribution is -1.96. The zero-order chi connectivity index (χ0) is 14.0. The molecule has 1 aromatic heterocycles. The summed E-state index contributed by atoms with van der Waals surface area (Å²) in [7, 11) is 3.05. The number of aromatic nitrogens is 1. The summed E-state index contributed by atoms with van der Waals surface area (Å²) in [5, 5.41) is 12.3. The Labute approximate surface area is 109 Å². The van der Waals surface area contributed by atoms with Crippen LogP contribution in [0.5, 0.6) is 11.5 Å². The summed E-state index contributed by atoms with van der Waals surface area (Å²) >= 11 is 0. The van der Waals surface area contributed by atoms with E-state index in [9.17, 15) is 4.79 Å². The van der Waals surface area contributed by atoms with Crippen LogP contribution in [-0.2, 0) is 0 Å². The molecule has 2 aromatic rings. The van der Waals surface area contributed by atoms with Crippen molar-refractivity contribution in [1.82, 2.24) is 5.16 Å². The highest BCUT2D eigenvalue weighted by molar-refractivity contribution is 5.87. The van der Waals surface area contributed by atoms with Crippen LogP contribution in [0.4, 0.5) is 0 Å². The van der Waals surface area contributed by atoms with Crippen LogP contribution in [0.15, 0.2) is 22.7 Å². The second-order valence-corrected chi connectivity index (χ2v) is 3.88. The van der Waals surface area contributed by atoms with E-state index in [2.05, 4.69) is 5.16 Å². The van der Waals surface area contributed by atoms with E-state index in [1.54, 1.807) is 6.07 Å². The fourth-order valence-electron chi connectivity index (χ4n) is 1.81. The minimum atomic E-state index is -1.15. The summed E-state index contributed by atoms with van der Waals surface area (Å²) in [6.45, 7) is 1.88. The molecule has 0 amide bonds. The normalized spacial score (nSPS) is 10.3. The minimum Gasteiger partial charge on any atom is -0.493 e. The Kier molecular flexibility index (Phi) is 3.41. The van der Waals surface area contributed by atoms with E-state index in [0.29, 0.717) is 22.8 Å². The van der Waals surface area contributed by atoms with Crippen LogP contribution in [0.25, 0.3) is 11.3 Å². The third kappa shape index (κ3) is 2.24. The SMILES string of the molecule is COc1c(C)ccc(-c2cc(C(=O)O)no2)c1OC. The van der Waals surface area contributed by atoms with E-state index in [1.807, 2.05) is 13.0 Å². The number of rotatable bonds is 4. The fourth-order valence-corrected chi connectivity index (χ4v) is 1.81. The molecule has 0 saturated carbocycles. The monoisotopic (exact) mass is 263 g/mol. The average Bonchev–Trinajstić information content (AvgIpc) is 2.87. The summed E-state index contributed by atoms with van der Waals surface area (Å²) in [5.41, 5.74) is 1.34. The molecule has 1 heterocycles. The van der Waals surface area contributed by atoms with E-state index in [-0.39, 0.29) is 5.69 Å². The quantitative estimate of drug-likeness (QED) is 0.911. The standard InChI is InChI=1S/C13H13NO5/c1-7-4-5-8(12(18-3)11(7)17-2)10-6-9(13(15)16)14-19-10/h4-6H,1-3H3,(H,15,16). The van der Waals surface area contributed by atoms with Gasteiger partial charge in [0, 0.05) is 6.07 Å². The third-order valence-electron chi connectivity index (χ3n) is 2.71. The van der Waals surface area contributed by atoms with Crippen molar-refractivity contribution in [1.29, 1.82) is 0 Å². The Morgan fingerprint density at radius 2 is 1.95 bits per heavy atom. The number of carboxylic acid groups (broad SMARTS) is 1. The van der Waals surface area contributed by atoms with Gasteiger partial charge in [-0.25, -0.2) is 4.79 Å². The maximum absolute atomic E-state index is 10.8. The molecule has 1 N–H and O–H groups in total. The Balaban J connectivity index is 2.58. The lowest BCUT2D eigenvalue weighted by atomic mass is 10.1. The van der Waals surface area contributed by atoms with E-state index in [1.165, 1.54) is 20.3 Å². The van der Waals surface area contributed by atoms with Gasteiger partial charge in [0.1, 0.15) is 0 Å². The van der Waals surface area contributed by atoms with Crippen molar-refractivity contribution in [3.05, 3.63) is 29.5 Å². The number of aryl methyl sites for hydroxylation is 1. The Bertz CT molecular complexity index is 617. The minimum absolute atomic E-state index is 0.156. The Morgan fingerprint density at radius 1 is 1.26 bits per heavy atom. The first-order valence-electron chi connectivity index (χ1n) is 5.50. The van der Waals surface area contributed by atoms with Gasteiger partial charge in [-0.05, 0) is 18.6 Å². The molecule has 0 spiro atoms.